The molecule has 2 aromatic carbocycles. The molecule has 7 heteroatoms. The monoisotopic (exact) mass is 295 g/mol. The number of rotatable bonds is 4. The van der Waals surface area contributed by atoms with Gasteiger partial charge in [0.2, 0.25) is 0 Å². The standard InChI is InChI=1S/C13H7F2NO3S/c14-10-3-2-9(6-11(10)15)20-13-4-1-8(7-17)5-12(13)16(18)19/h1-7H. The Labute approximate surface area is 116 Å². The van der Waals surface area contributed by atoms with Gasteiger partial charge in [-0.05, 0) is 24.3 Å². The number of hydrogen-bond acceptors (Lipinski definition) is 4. The minimum Gasteiger partial charge on any atom is -0.298 e. The van der Waals surface area contributed by atoms with Gasteiger partial charge in [-0.3, -0.25) is 14.9 Å². The van der Waals surface area contributed by atoms with Crippen LogP contribution in [0, 0.1) is 21.7 Å². The molecule has 20 heavy (non-hydrogen) atoms. The van der Waals surface area contributed by atoms with Crippen molar-refractivity contribution in [3.05, 3.63) is 63.7 Å². The molecule has 102 valence electrons. The maximum atomic E-state index is 13.1. The van der Waals surface area contributed by atoms with Gasteiger partial charge in [0.25, 0.3) is 5.69 Å². The quantitative estimate of drug-likeness (QED) is 0.488. The van der Waals surface area contributed by atoms with Gasteiger partial charge in [0.15, 0.2) is 11.6 Å². The molecule has 0 N–H and O–H groups in total. The van der Waals surface area contributed by atoms with Gasteiger partial charge in [-0.25, -0.2) is 8.78 Å². The minimum absolute atomic E-state index is 0.173. The summed E-state index contributed by atoms with van der Waals surface area (Å²) in [5.41, 5.74) is -0.0873. The highest BCUT2D eigenvalue weighted by molar-refractivity contribution is 7.99. The number of carbonyl (C=O) groups excluding carboxylic acids is 1. The maximum Gasteiger partial charge on any atom is 0.283 e. The number of carbonyl (C=O) groups is 1. The first-order chi connectivity index (χ1) is 9.51. The first kappa shape index (κ1) is 14.1. The fraction of sp³-hybridized carbons (Fsp3) is 0. The molecule has 0 bridgehead atoms. The maximum absolute atomic E-state index is 13.1. The van der Waals surface area contributed by atoms with Gasteiger partial charge >= 0.3 is 0 Å². The summed E-state index contributed by atoms with van der Waals surface area (Å²) in [4.78, 5) is 21.5. The van der Waals surface area contributed by atoms with Crippen LogP contribution < -0.4 is 0 Å². The van der Waals surface area contributed by atoms with E-state index < -0.39 is 16.6 Å². The molecule has 0 unspecified atom stereocenters. The first-order valence-electron chi connectivity index (χ1n) is 5.38. The highest BCUT2D eigenvalue weighted by atomic mass is 32.2. The Balaban J connectivity index is 2.39. The number of nitro groups is 1. The van der Waals surface area contributed by atoms with E-state index in [-0.39, 0.29) is 16.1 Å². The van der Waals surface area contributed by atoms with Crippen molar-refractivity contribution in [2.24, 2.45) is 0 Å². The molecule has 2 rings (SSSR count). The second kappa shape index (κ2) is 5.79. The van der Waals surface area contributed by atoms with Crippen molar-refractivity contribution in [1.82, 2.24) is 0 Å². The van der Waals surface area contributed by atoms with Gasteiger partial charge in [0.1, 0.15) is 6.29 Å². The van der Waals surface area contributed by atoms with E-state index in [9.17, 15) is 23.7 Å². The average Bonchev–Trinajstić information content (AvgIpc) is 2.43. The molecule has 0 fully saturated rings. The highest BCUT2D eigenvalue weighted by Gasteiger charge is 2.16. The molecule has 0 aliphatic heterocycles. The lowest BCUT2D eigenvalue weighted by Gasteiger charge is -2.04. The summed E-state index contributed by atoms with van der Waals surface area (Å²) in [5.74, 6) is -2.01. The van der Waals surface area contributed by atoms with Crippen molar-refractivity contribution in [2.75, 3.05) is 0 Å². The number of nitro benzene ring substituents is 1. The summed E-state index contributed by atoms with van der Waals surface area (Å²) in [5, 5.41) is 10.9. The van der Waals surface area contributed by atoms with Crippen molar-refractivity contribution in [3.63, 3.8) is 0 Å². The van der Waals surface area contributed by atoms with Crippen molar-refractivity contribution in [2.45, 2.75) is 9.79 Å². The third-order valence-corrected chi connectivity index (χ3v) is 3.49. The lowest BCUT2D eigenvalue weighted by molar-refractivity contribution is -0.387. The molecule has 0 saturated heterocycles. The van der Waals surface area contributed by atoms with E-state index in [4.69, 9.17) is 0 Å². The van der Waals surface area contributed by atoms with Gasteiger partial charge in [-0.15, -0.1) is 0 Å². The summed E-state index contributed by atoms with van der Waals surface area (Å²) in [6.45, 7) is 0. The number of halogens is 2. The van der Waals surface area contributed by atoms with E-state index in [1.807, 2.05) is 0 Å². The molecular weight excluding hydrogens is 288 g/mol. The summed E-state index contributed by atoms with van der Waals surface area (Å²) < 4.78 is 25.9. The fourth-order valence-corrected chi connectivity index (χ4v) is 2.43. The third-order valence-electron chi connectivity index (χ3n) is 2.43. The summed E-state index contributed by atoms with van der Waals surface area (Å²) in [7, 11) is 0. The van der Waals surface area contributed by atoms with Crippen LogP contribution in [0.1, 0.15) is 10.4 Å². The summed E-state index contributed by atoms with van der Waals surface area (Å²) in [6, 6.07) is 7.17. The number of aldehydes is 1. The van der Waals surface area contributed by atoms with Crippen LogP contribution in [0.2, 0.25) is 0 Å². The van der Waals surface area contributed by atoms with Crippen LogP contribution in [0.3, 0.4) is 0 Å². The topological polar surface area (TPSA) is 60.2 Å². The lowest BCUT2D eigenvalue weighted by Crippen LogP contribution is -1.93. The Hall–Kier alpha value is -2.28. The van der Waals surface area contributed by atoms with Crippen LogP contribution in [0.25, 0.3) is 0 Å². The molecule has 0 saturated carbocycles. The summed E-state index contributed by atoms with van der Waals surface area (Å²) >= 11 is 0.920. The predicted molar refractivity (Wildman–Crippen MR) is 69.0 cm³/mol. The largest absolute Gasteiger partial charge is 0.298 e. The van der Waals surface area contributed by atoms with Crippen LogP contribution in [-0.2, 0) is 0 Å². The van der Waals surface area contributed by atoms with Gasteiger partial charge in [0.05, 0.1) is 9.82 Å². The molecule has 0 heterocycles. The first-order valence-corrected chi connectivity index (χ1v) is 6.19. The van der Waals surface area contributed by atoms with Crippen LogP contribution in [-0.4, -0.2) is 11.2 Å². The van der Waals surface area contributed by atoms with E-state index in [0.29, 0.717) is 11.2 Å². The molecule has 0 aromatic heterocycles. The van der Waals surface area contributed by atoms with Crippen LogP contribution >= 0.6 is 11.8 Å². The lowest BCUT2D eigenvalue weighted by atomic mass is 10.2. The molecule has 0 spiro atoms. The van der Waals surface area contributed by atoms with E-state index in [0.717, 1.165) is 30.0 Å². The normalized spacial score (nSPS) is 10.3. The zero-order valence-electron chi connectivity index (χ0n) is 9.88. The molecule has 0 amide bonds. The van der Waals surface area contributed by atoms with Crippen molar-refractivity contribution < 1.29 is 18.5 Å². The smallest absolute Gasteiger partial charge is 0.283 e. The number of nitrogens with zero attached hydrogens (tertiary/aromatic N) is 1. The van der Waals surface area contributed by atoms with Crippen molar-refractivity contribution >= 4 is 23.7 Å². The van der Waals surface area contributed by atoms with E-state index >= 15 is 0 Å². The van der Waals surface area contributed by atoms with E-state index in [1.54, 1.807) is 0 Å². The van der Waals surface area contributed by atoms with Gasteiger partial charge < -0.3 is 0 Å². The number of hydrogen-bond donors (Lipinski definition) is 0. The second-order valence-corrected chi connectivity index (χ2v) is 4.90. The summed E-state index contributed by atoms with van der Waals surface area (Å²) in [6.07, 6.45) is 0.499. The molecule has 0 radical (unpaired) electrons. The Morgan fingerprint density at radius 3 is 2.45 bits per heavy atom. The van der Waals surface area contributed by atoms with E-state index in [2.05, 4.69) is 0 Å². The predicted octanol–water partition coefficient (Wildman–Crippen LogP) is 3.84. The molecule has 2 aromatic rings. The Morgan fingerprint density at radius 2 is 1.85 bits per heavy atom. The van der Waals surface area contributed by atoms with Crippen molar-refractivity contribution in [1.29, 1.82) is 0 Å². The number of benzene rings is 2. The van der Waals surface area contributed by atoms with E-state index in [1.165, 1.54) is 18.2 Å². The fourth-order valence-electron chi connectivity index (χ4n) is 1.50. The Bertz CT molecular complexity index is 691. The van der Waals surface area contributed by atoms with Crippen molar-refractivity contribution in [3.8, 4) is 0 Å². The molecule has 0 atom stereocenters. The molecular formula is C13H7F2NO3S. The molecule has 4 nitrogen and oxygen atoms in total. The van der Waals surface area contributed by atoms with Crippen LogP contribution in [0.4, 0.5) is 14.5 Å². The zero-order valence-corrected chi connectivity index (χ0v) is 10.7. The van der Waals surface area contributed by atoms with Gasteiger partial charge in [0, 0.05) is 16.5 Å². The highest BCUT2D eigenvalue weighted by Crippen LogP contribution is 2.35. The Morgan fingerprint density at radius 1 is 1.10 bits per heavy atom. The second-order valence-electron chi connectivity index (χ2n) is 3.78. The van der Waals surface area contributed by atoms with Crippen LogP contribution in [0.15, 0.2) is 46.2 Å². The third kappa shape index (κ3) is 3.00. The van der Waals surface area contributed by atoms with Gasteiger partial charge in [-0.1, -0.05) is 17.8 Å². The minimum atomic E-state index is -1.03. The van der Waals surface area contributed by atoms with Crippen LogP contribution in [0.5, 0.6) is 0 Å². The molecule has 0 aliphatic carbocycles. The van der Waals surface area contributed by atoms with Gasteiger partial charge in [-0.2, -0.15) is 0 Å². The SMILES string of the molecule is O=Cc1ccc(Sc2ccc(F)c(F)c2)c([N+](=O)[O-])c1. The Kier molecular flexibility index (Phi) is 4.09. The zero-order chi connectivity index (χ0) is 14.7. The average molecular weight is 295 g/mol. The molecule has 0 aliphatic rings.